The first-order valence-corrected chi connectivity index (χ1v) is 7.51. The van der Waals surface area contributed by atoms with Gasteiger partial charge in [-0.1, -0.05) is 17.9 Å². The van der Waals surface area contributed by atoms with Crippen LogP contribution in [0.2, 0.25) is 0 Å². The molecule has 2 aromatic rings. The number of benzene rings is 2. The summed E-state index contributed by atoms with van der Waals surface area (Å²) in [5.41, 5.74) is -0.192. The number of carbonyl (C=O) groups excluding carboxylic acids is 1. The minimum Gasteiger partial charge on any atom is -0.493 e. The number of nitrogens with one attached hydrogen (secondary N) is 1. The third kappa shape index (κ3) is 4.93. The van der Waals surface area contributed by atoms with Gasteiger partial charge in [-0.15, -0.1) is 0 Å². The van der Waals surface area contributed by atoms with Gasteiger partial charge in [0.1, 0.15) is 0 Å². The third-order valence-electron chi connectivity index (χ3n) is 3.41. The Kier molecular flexibility index (Phi) is 6.12. The molecule has 1 amide bonds. The van der Waals surface area contributed by atoms with Crippen LogP contribution in [-0.2, 0) is 6.18 Å². The van der Waals surface area contributed by atoms with Crippen molar-refractivity contribution in [3.63, 3.8) is 0 Å². The quantitative estimate of drug-likeness (QED) is 0.846. The maximum atomic E-state index is 12.6. The predicted octanol–water partition coefficient (Wildman–Crippen LogP) is 3.50. The van der Waals surface area contributed by atoms with Gasteiger partial charge in [0.05, 0.1) is 26.3 Å². The van der Waals surface area contributed by atoms with Gasteiger partial charge >= 0.3 is 6.18 Å². The highest BCUT2D eigenvalue weighted by atomic mass is 19.4. The number of amides is 1. The summed E-state index contributed by atoms with van der Waals surface area (Å²) in [5.74, 6) is 5.74. The Morgan fingerprint density at radius 1 is 1.08 bits per heavy atom. The van der Waals surface area contributed by atoms with Crippen LogP contribution in [0.1, 0.15) is 21.5 Å². The van der Waals surface area contributed by atoms with E-state index in [1.807, 2.05) is 0 Å². The van der Waals surface area contributed by atoms with Gasteiger partial charge in [0.2, 0.25) is 0 Å². The van der Waals surface area contributed by atoms with E-state index in [-0.39, 0.29) is 18.0 Å². The molecule has 0 unspecified atom stereocenters. The molecule has 0 spiro atoms. The van der Waals surface area contributed by atoms with Crippen molar-refractivity contribution in [1.82, 2.24) is 5.32 Å². The zero-order valence-electron chi connectivity index (χ0n) is 14.1. The van der Waals surface area contributed by atoms with Crippen LogP contribution in [0.3, 0.4) is 0 Å². The highest BCUT2D eigenvalue weighted by Gasteiger charge is 2.30. The van der Waals surface area contributed by atoms with Crippen molar-refractivity contribution in [3.8, 4) is 23.3 Å². The zero-order chi connectivity index (χ0) is 19.2. The minimum atomic E-state index is -4.42. The van der Waals surface area contributed by atoms with Gasteiger partial charge in [0.25, 0.3) is 5.91 Å². The molecule has 7 heteroatoms. The molecular weight excluding hydrogens is 347 g/mol. The van der Waals surface area contributed by atoms with Crippen molar-refractivity contribution in [1.29, 1.82) is 0 Å². The molecule has 0 aliphatic rings. The van der Waals surface area contributed by atoms with Gasteiger partial charge in [0, 0.05) is 11.1 Å². The normalized spacial score (nSPS) is 10.5. The molecule has 2 rings (SSSR count). The standard InChI is InChI=1S/C19H16F3NO3/c1-25-16-9-8-14(12-17(16)26-2)18(24)23-10-4-6-13-5-3-7-15(11-13)19(20,21)22/h3,5,7-9,11-12H,10H2,1-2H3,(H,23,24). The van der Waals surface area contributed by atoms with E-state index in [9.17, 15) is 18.0 Å². The molecule has 0 aromatic heterocycles. The minimum absolute atomic E-state index is 0.0105. The number of methoxy groups -OCH3 is 2. The smallest absolute Gasteiger partial charge is 0.416 e. The van der Waals surface area contributed by atoms with Crippen molar-refractivity contribution < 1.29 is 27.4 Å². The van der Waals surface area contributed by atoms with Crippen LogP contribution < -0.4 is 14.8 Å². The van der Waals surface area contributed by atoms with Gasteiger partial charge in [0.15, 0.2) is 11.5 Å². The molecule has 0 radical (unpaired) electrons. The fourth-order valence-electron chi connectivity index (χ4n) is 2.12. The molecule has 0 saturated carbocycles. The molecule has 0 atom stereocenters. The van der Waals surface area contributed by atoms with Crippen LogP contribution in [-0.4, -0.2) is 26.7 Å². The van der Waals surface area contributed by atoms with E-state index in [1.165, 1.54) is 32.4 Å². The summed E-state index contributed by atoms with van der Waals surface area (Å²) in [6.07, 6.45) is -4.42. The fraction of sp³-hybridized carbons (Fsp3) is 0.211. The van der Waals surface area contributed by atoms with Gasteiger partial charge in [-0.25, -0.2) is 0 Å². The molecule has 0 bridgehead atoms. The summed E-state index contributed by atoms with van der Waals surface area (Å²) in [7, 11) is 2.95. The molecular formula is C19H16F3NO3. The lowest BCUT2D eigenvalue weighted by atomic mass is 10.1. The number of carbonyl (C=O) groups is 1. The lowest BCUT2D eigenvalue weighted by Gasteiger charge is -2.09. The molecule has 136 valence electrons. The van der Waals surface area contributed by atoms with Gasteiger partial charge in [-0.2, -0.15) is 13.2 Å². The summed E-state index contributed by atoms with van der Waals surface area (Å²) < 4.78 is 48.1. The van der Waals surface area contributed by atoms with Crippen molar-refractivity contribution >= 4 is 5.91 Å². The molecule has 0 aliphatic carbocycles. The monoisotopic (exact) mass is 363 g/mol. The Morgan fingerprint density at radius 2 is 1.81 bits per heavy atom. The lowest BCUT2D eigenvalue weighted by Crippen LogP contribution is -2.23. The number of ether oxygens (including phenoxy) is 2. The average Bonchev–Trinajstić information content (AvgIpc) is 2.64. The van der Waals surface area contributed by atoms with E-state index in [0.29, 0.717) is 17.1 Å². The van der Waals surface area contributed by atoms with Gasteiger partial charge in [-0.3, -0.25) is 4.79 Å². The number of rotatable bonds is 4. The lowest BCUT2D eigenvalue weighted by molar-refractivity contribution is -0.137. The maximum absolute atomic E-state index is 12.6. The highest BCUT2D eigenvalue weighted by molar-refractivity contribution is 5.95. The molecule has 26 heavy (non-hydrogen) atoms. The number of alkyl halides is 3. The first kappa shape index (κ1) is 19.2. The van der Waals surface area contributed by atoms with Crippen LogP contribution in [0.15, 0.2) is 42.5 Å². The molecule has 0 fully saturated rings. The first-order valence-electron chi connectivity index (χ1n) is 7.51. The second-order valence-electron chi connectivity index (χ2n) is 5.13. The van der Waals surface area contributed by atoms with E-state index in [2.05, 4.69) is 17.2 Å². The van der Waals surface area contributed by atoms with E-state index in [4.69, 9.17) is 9.47 Å². The van der Waals surface area contributed by atoms with E-state index in [0.717, 1.165) is 12.1 Å². The molecule has 4 nitrogen and oxygen atoms in total. The number of halogens is 3. The van der Waals surface area contributed by atoms with Gasteiger partial charge < -0.3 is 14.8 Å². The predicted molar refractivity (Wildman–Crippen MR) is 90.2 cm³/mol. The summed E-state index contributed by atoms with van der Waals surface area (Å²) in [5, 5.41) is 2.57. The molecule has 1 N–H and O–H groups in total. The Labute approximate surface area is 148 Å². The molecule has 2 aromatic carbocycles. The van der Waals surface area contributed by atoms with E-state index < -0.39 is 11.7 Å². The third-order valence-corrected chi connectivity index (χ3v) is 3.41. The summed E-state index contributed by atoms with van der Waals surface area (Å²) in [6.45, 7) is -0.0105. The van der Waals surface area contributed by atoms with Crippen LogP contribution in [0, 0.1) is 11.8 Å². The fourth-order valence-corrected chi connectivity index (χ4v) is 2.12. The van der Waals surface area contributed by atoms with Crippen molar-refractivity contribution in [2.24, 2.45) is 0 Å². The molecule has 0 aliphatic heterocycles. The SMILES string of the molecule is COc1ccc(C(=O)NCC#Cc2cccc(C(F)(F)F)c2)cc1OC. The van der Waals surface area contributed by atoms with Crippen LogP contribution in [0.25, 0.3) is 0 Å². The van der Waals surface area contributed by atoms with Crippen molar-refractivity contribution in [3.05, 3.63) is 59.2 Å². The highest BCUT2D eigenvalue weighted by Crippen LogP contribution is 2.29. The Morgan fingerprint density at radius 3 is 2.46 bits per heavy atom. The van der Waals surface area contributed by atoms with Gasteiger partial charge in [-0.05, 0) is 36.4 Å². The second-order valence-corrected chi connectivity index (χ2v) is 5.13. The Hall–Kier alpha value is -3.14. The topological polar surface area (TPSA) is 47.6 Å². The Bertz CT molecular complexity index is 851. The molecule has 0 saturated heterocycles. The van der Waals surface area contributed by atoms with Crippen molar-refractivity contribution in [2.75, 3.05) is 20.8 Å². The van der Waals surface area contributed by atoms with E-state index in [1.54, 1.807) is 12.1 Å². The van der Waals surface area contributed by atoms with Crippen LogP contribution in [0.5, 0.6) is 11.5 Å². The molecule has 0 heterocycles. The average molecular weight is 363 g/mol. The van der Waals surface area contributed by atoms with E-state index >= 15 is 0 Å². The largest absolute Gasteiger partial charge is 0.493 e. The van der Waals surface area contributed by atoms with Crippen LogP contribution >= 0.6 is 0 Å². The summed E-state index contributed by atoms with van der Waals surface area (Å²) in [6, 6.07) is 9.38. The summed E-state index contributed by atoms with van der Waals surface area (Å²) in [4.78, 5) is 12.1. The zero-order valence-corrected chi connectivity index (χ0v) is 14.1. The second kappa shape index (κ2) is 8.30. The Balaban J connectivity index is 2.01. The number of hydrogen-bond donors (Lipinski definition) is 1. The van der Waals surface area contributed by atoms with Crippen molar-refractivity contribution in [2.45, 2.75) is 6.18 Å². The van der Waals surface area contributed by atoms with Crippen LogP contribution in [0.4, 0.5) is 13.2 Å². The maximum Gasteiger partial charge on any atom is 0.416 e. The number of hydrogen-bond acceptors (Lipinski definition) is 3. The first-order chi connectivity index (χ1) is 12.3. The summed E-state index contributed by atoms with van der Waals surface area (Å²) >= 11 is 0.